The van der Waals surface area contributed by atoms with Gasteiger partial charge in [0, 0.05) is 23.5 Å². The Morgan fingerprint density at radius 3 is 2.62 bits per heavy atom. The maximum absolute atomic E-state index is 11.4. The number of rotatable bonds is 2. The fourth-order valence-electron chi connectivity index (χ4n) is 1.71. The predicted molar refractivity (Wildman–Crippen MR) is 64.4 cm³/mol. The predicted octanol–water partition coefficient (Wildman–Crippen LogP) is 3.26. The molecule has 0 saturated carbocycles. The Balaban J connectivity index is 2.52. The molecule has 0 bridgehead atoms. The first kappa shape index (κ1) is 10.6. The molecule has 1 aromatic carbocycles. The quantitative estimate of drug-likeness (QED) is 0.714. The van der Waals surface area contributed by atoms with E-state index in [9.17, 15) is 4.79 Å². The fourth-order valence-corrected chi connectivity index (χ4v) is 1.71. The van der Waals surface area contributed by atoms with E-state index >= 15 is 0 Å². The second-order valence-electron chi connectivity index (χ2n) is 3.83. The van der Waals surface area contributed by atoms with Gasteiger partial charge in [0.05, 0.1) is 0 Å². The van der Waals surface area contributed by atoms with E-state index in [-0.39, 0.29) is 5.78 Å². The van der Waals surface area contributed by atoms with Crippen molar-refractivity contribution >= 4 is 5.78 Å². The number of aryl methyl sites for hydroxylation is 1. The first-order valence-corrected chi connectivity index (χ1v) is 5.20. The number of carbonyl (C=O) groups is 1. The lowest BCUT2D eigenvalue weighted by Crippen LogP contribution is -1.96. The third-order valence-corrected chi connectivity index (χ3v) is 2.61. The number of Topliss-reactive ketones (excluding diaryl/α,β-unsaturated/α-hetero) is 1. The zero-order chi connectivity index (χ0) is 11.5. The summed E-state index contributed by atoms with van der Waals surface area (Å²) in [6.45, 7) is 3.54. The highest BCUT2D eigenvalue weighted by molar-refractivity contribution is 5.96. The van der Waals surface area contributed by atoms with Crippen LogP contribution in [0.5, 0.6) is 0 Å². The first-order valence-electron chi connectivity index (χ1n) is 5.20. The van der Waals surface area contributed by atoms with Crippen molar-refractivity contribution in [2.75, 3.05) is 0 Å². The van der Waals surface area contributed by atoms with Crippen LogP contribution in [0.15, 0.2) is 42.7 Å². The Kier molecular flexibility index (Phi) is 2.82. The van der Waals surface area contributed by atoms with Gasteiger partial charge in [-0.3, -0.25) is 9.78 Å². The van der Waals surface area contributed by atoms with E-state index in [1.807, 2.05) is 37.3 Å². The van der Waals surface area contributed by atoms with E-state index in [2.05, 4.69) is 4.98 Å². The van der Waals surface area contributed by atoms with E-state index in [0.29, 0.717) is 0 Å². The van der Waals surface area contributed by atoms with Crippen molar-refractivity contribution < 1.29 is 4.79 Å². The maximum atomic E-state index is 11.4. The average molecular weight is 211 g/mol. The summed E-state index contributed by atoms with van der Waals surface area (Å²) in [6.07, 6.45) is 3.54. The summed E-state index contributed by atoms with van der Waals surface area (Å²) in [5, 5.41) is 0. The van der Waals surface area contributed by atoms with Crippen LogP contribution in [0.4, 0.5) is 0 Å². The number of ketones is 1. The molecule has 0 N–H and O–H groups in total. The molecular weight excluding hydrogens is 198 g/mol. The number of benzene rings is 1. The van der Waals surface area contributed by atoms with Crippen LogP contribution in [0.2, 0.25) is 0 Å². The van der Waals surface area contributed by atoms with Gasteiger partial charge in [0.25, 0.3) is 0 Å². The molecule has 0 amide bonds. The Bertz CT molecular complexity index is 518. The third-order valence-electron chi connectivity index (χ3n) is 2.61. The first-order chi connectivity index (χ1) is 7.68. The van der Waals surface area contributed by atoms with Crippen molar-refractivity contribution in [1.82, 2.24) is 4.98 Å². The molecule has 2 rings (SSSR count). The lowest BCUT2D eigenvalue weighted by atomic mass is 9.99. The smallest absolute Gasteiger partial charge is 0.160 e. The van der Waals surface area contributed by atoms with E-state index in [1.165, 1.54) is 0 Å². The molecule has 1 heterocycles. The molecule has 0 fully saturated rings. The second kappa shape index (κ2) is 4.27. The van der Waals surface area contributed by atoms with E-state index < -0.39 is 0 Å². The average Bonchev–Trinajstić information content (AvgIpc) is 2.30. The van der Waals surface area contributed by atoms with Gasteiger partial charge in [-0.1, -0.05) is 18.2 Å². The number of aromatic nitrogens is 1. The van der Waals surface area contributed by atoms with Crippen LogP contribution < -0.4 is 0 Å². The molecule has 2 nitrogen and oxygen atoms in total. The van der Waals surface area contributed by atoms with Crippen molar-refractivity contribution in [3.63, 3.8) is 0 Å². The molecule has 0 unspecified atom stereocenters. The molecule has 0 aliphatic rings. The number of pyridine rings is 1. The Morgan fingerprint density at radius 2 is 2.00 bits per heavy atom. The Morgan fingerprint density at radius 1 is 1.19 bits per heavy atom. The molecule has 0 aliphatic heterocycles. The van der Waals surface area contributed by atoms with Gasteiger partial charge in [-0.05, 0) is 37.1 Å². The largest absolute Gasteiger partial charge is 0.295 e. The van der Waals surface area contributed by atoms with Gasteiger partial charge in [0.15, 0.2) is 5.78 Å². The lowest BCUT2D eigenvalue weighted by molar-refractivity contribution is 0.101. The van der Waals surface area contributed by atoms with Crippen molar-refractivity contribution in [1.29, 1.82) is 0 Å². The summed E-state index contributed by atoms with van der Waals surface area (Å²) in [5.41, 5.74) is 3.86. The van der Waals surface area contributed by atoms with Crippen molar-refractivity contribution in [3.8, 4) is 11.1 Å². The van der Waals surface area contributed by atoms with Crippen LogP contribution in [0, 0.1) is 6.92 Å². The third kappa shape index (κ3) is 2.01. The summed E-state index contributed by atoms with van der Waals surface area (Å²) in [6, 6.07) is 9.79. The molecule has 0 saturated heterocycles. The minimum atomic E-state index is 0.100. The summed E-state index contributed by atoms with van der Waals surface area (Å²) < 4.78 is 0. The molecule has 0 radical (unpaired) electrons. The van der Waals surface area contributed by atoms with Crippen LogP contribution in [-0.2, 0) is 0 Å². The van der Waals surface area contributed by atoms with Crippen molar-refractivity contribution in [2.45, 2.75) is 13.8 Å². The van der Waals surface area contributed by atoms with Gasteiger partial charge in [-0.2, -0.15) is 0 Å². The minimum absolute atomic E-state index is 0.100. The Labute approximate surface area is 95.0 Å². The van der Waals surface area contributed by atoms with Crippen LogP contribution >= 0.6 is 0 Å². The van der Waals surface area contributed by atoms with Gasteiger partial charge in [-0.25, -0.2) is 0 Å². The number of hydrogen-bond donors (Lipinski definition) is 0. The van der Waals surface area contributed by atoms with E-state index in [4.69, 9.17) is 0 Å². The highest BCUT2D eigenvalue weighted by Crippen LogP contribution is 2.21. The number of nitrogens with zero attached hydrogens (tertiary/aromatic N) is 1. The number of hydrogen-bond acceptors (Lipinski definition) is 2. The van der Waals surface area contributed by atoms with Crippen LogP contribution in [0.3, 0.4) is 0 Å². The minimum Gasteiger partial charge on any atom is -0.295 e. The molecule has 2 aromatic rings. The molecule has 0 aliphatic carbocycles. The molecule has 0 atom stereocenters. The molecule has 80 valence electrons. The highest BCUT2D eigenvalue weighted by Gasteiger charge is 2.06. The monoisotopic (exact) mass is 211 g/mol. The van der Waals surface area contributed by atoms with Crippen molar-refractivity contribution in [2.24, 2.45) is 0 Å². The van der Waals surface area contributed by atoms with Gasteiger partial charge >= 0.3 is 0 Å². The Hall–Kier alpha value is -1.96. The molecular formula is C14H13NO. The van der Waals surface area contributed by atoms with Crippen LogP contribution in [-0.4, -0.2) is 10.8 Å². The van der Waals surface area contributed by atoms with E-state index in [0.717, 1.165) is 22.3 Å². The summed E-state index contributed by atoms with van der Waals surface area (Å²) >= 11 is 0. The highest BCUT2D eigenvalue weighted by atomic mass is 16.1. The summed E-state index contributed by atoms with van der Waals surface area (Å²) in [7, 11) is 0. The standard InChI is InChI=1S/C14H13NO/c1-10-5-6-12(8-14(10)11(2)16)13-4-3-7-15-9-13/h3-9H,1-2H3. The van der Waals surface area contributed by atoms with Crippen molar-refractivity contribution in [3.05, 3.63) is 53.9 Å². The molecule has 2 heteroatoms. The molecule has 16 heavy (non-hydrogen) atoms. The summed E-state index contributed by atoms with van der Waals surface area (Å²) in [4.78, 5) is 15.5. The second-order valence-corrected chi connectivity index (χ2v) is 3.83. The SMILES string of the molecule is CC(=O)c1cc(-c2cccnc2)ccc1C. The maximum Gasteiger partial charge on any atom is 0.160 e. The van der Waals surface area contributed by atoms with Crippen LogP contribution in [0.25, 0.3) is 11.1 Å². The number of carbonyl (C=O) groups excluding carboxylic acids is 1. The molecule has 0 spiro atoms. The molecule has 1 aromatic heterocycles. The topological polar surface area (TPSA) is 30.0 Å². The fraction of sp³-hybridized carbons (Fsp3) is 0.143. The lowest BCUT2D eigenvalue weighted by Gasteiger charge is -2.06. The van der Waals surface area contributed by atoms with Gasteiger partial charge in [0.2, 0.25) is 0 Å². The van der Waals surface area contributed by atoms with Gasteiger partial charge in [-0.15, -0.1) is 0 Å². The van der Waals surface area contributed by atoms with Crippen LogP contribution in [0.1, 0.15) is 22.8 Å². The normalized spacial score (nSPS) is 10.1. The van der Waals surface area contributed by atoms with Gasteiger partial charge < -0.3 is 0 Å². The van der Waals surface area contributed by atoms with E-state index in [1.54, 1.807) is 19.3 Å². The zero-order valence-corrected chi connectivity index (χ0v) is 9.40. The summed E-state index contributed by atoms with van der Waals surface area (Å²) in [5.74, 6) is 0.100. The zero-order valence-electron chi connectivity index (χ0n) is 9.40. The van der Waals surface area contributed by atoms with Gasteiger partial charge in [0.1, 0.15) is 0 Å².